The van der Waals surface area contributed by atoms with Crippen LogP contribution in [0.2, 0.25) is 0 Å². The lowest BCUT2D eigenvalue weighted by Crippen LogP contribution is -2.26. The first-order chi connectivity index (χ1) is 12.0. The maximum atomic E-state index is 12.3. The van der Waals surface area contributed by atoms with Gasteiger partial charge >= 0.3 is 5.76 Å². The van der Waals surface area contributed by atoms with Gasteiger partial charge in [0.1, 0.15) is 0 Å². The van der Waals surface area contributed by atoms with Crippen LogP contribution in [0.1, 0.15) is 24.0 Å². The van der Waals surface area contributed by atoms with E-state index < -0.39 is 0 Å². The Kier molecular flexibility index (Phi) is 5.03. The average Bonchev–Trinajstić information content (AvgIpc) is 2.92. The molecule has 5 nitrogen and oxygen atoms in total. The highest BCUT2D eigenvalue weighted by molar-refractivity contribution is 5.76. The van der Waals surface area contributed by atoms with Gasteiger partial charge in [0.05, 0.1) is 5.52 Å². The van der Waals surface area contributed by atoms with E-state index in [1.165, 1.54) is 5.56 Å². The van der Waals surface area contributed by atoms with Crippen molar-refractivity contribution >= 4 is 17.0 Å². The molecule has 2 aromatic carbocycles. The molecule has 5 heteroatoms. The van der Waals surface area contributed by atoms with Crippen molar-refractivity contribution in [1.82, 2.24) is 9.47 Å². The van der Waals surface area contributed by atoms with E-state index in [1.807, 2.05) is 56.4 Å². The molecule has 0 aliphatic heterocycles. The van der Waals surface area contributed by atoms with Crippen LogP contribution in [0.3, 0.4) is 0 Å². The highest BCUT2D eigenvalue weighted by Gasteiger charge is 2.12. The predicted molar refractivity (Wildman–Crippen MR) is 97.4 cm³/mol. The first-order valence-electron chi connectivity index (χ1n) is 8.42. The van der Waals surface area contributed by atoms with Crippen LogP contribution < -0.4 is 5.76 Å². The summed E-state index contributed by atoms with van der Waals surface area (Å²) in [7, 11) is 1.81. The maximum absolute atomic E-state index is 12.3. The third-order valence-electron chi connectivity index (χ3n) is 4.31. The minimum atomic E-state index is -0.373. The highest BCUT2D eigenvalue weighted by atomic mass is 16.4. The number of hydrogen-bond acceptors (Lipinski definition) is 3. The third-order valence-corrected chi connectivity index (χ3v) is 4.31. The fourth-order valence-corrected chi connectivity index (χ4v) is 2.86. The number of hydrogen-bond donors (Lipinski definition) is 0. The molecule has 0 fully saturated rings. The van der Waals surface area contributed by atoms with E-state index in [0.29, 0.717) is 31.5 Å². The molecule has 130 valence electrons. The number of fused-ring (bicyclic) bond motifs is 1. The summed E-state index contributed by atoms with van der Waals surface area (Å²) in [5.41, 5.74) is 3.66. The van der Waals surface area contributed by atoms with Crippen molar-refractivity contribution in [2.75, 3.05) is 7.05 Å². The van der Waals surface area contributed by atoms with Crippen LogP contribution in [-0.2, 0) is 17.9 Å². The molecule has 25 heavy (non-hydrogen) atoms. The minimum absolute atomic E-state index is 0.0708. The van der Waals surface area contributed by atoms with Gasteiger partial charge in [0, 0.05) is 26.6 Å². The molecule has 0 N–H and O–H groups in total. The molecular weight excluding hydrogens is 316 g/mol. The van der Waals surface area contributed by atoms with Crippen LogP contribution in [0.4, 0.5) is 0 Å². The van der Waals surface area contributed by atoms with Crippen molar-refractivity contribution in [3.63, 3.8) is 0 Å². The lowest BCUT2D eigenvalue weighted by Gasteiger charge is -2.17. The normalized spacial score (nSPS) is 11.0. The first kappa shape index (κ1) is 17.0. The molecule has 0 spiro atoms. The largest absolute Gasteiger partial charge is 0.419 e. The molecule has 1 heterocycles. The summed E-state index contributed by atoms with van der Waals surface area (Å²) >= 11 is 0. The van der Waals surface area contributed by atoms with E-state index >= 15 is 0 Å². The molecule has 3 aromatic rings. The van der Waals surface area contributed by atoms with Gasteiger partial charge in [-0.25, -0.2) is 4.79 Å². The van der Waals surface area contributed by atoms with Crippen molar-refractivity contribution < 1.29 is 9.21 Å². The molecule has 0 radical (unpaired) electrons. The first-order valence-corrected chi connectivity index (χ1v) is 8.42. The van der Waals surface area contributed by atoms with E-state index in [9.17, 15) is 9.59 Å². The van der Waals surface area contributed by atoms with Crippen molar-refractivity contribution in [2.45, 2.75) is 32.9 Å². The molecule has 1 aromatic heterocycles. The maximum Gasteiger partial charge on any atom is 0.419 e. The minimum Gasteiger partial charge on any atom is -0.408 e. The van der Waals surface area contributed by atoms with Gasteiger partial charge in [0.2, 0.25) is 5.91 Å². The monoisotopic (exact) mass is 338 g/mol. The summed E-state index contributed by atoms with van der Waals surface area (Å²) in [6.07, 6.45) is 0.995. The van der Waals surface area contributed by atoms with Gasteiger partial charge in [0.25, 0.3) is 0 Å². The number of nitrogens with zero attached hydrogens (tertiary/aromatic N) is 2. The lowest BCUT2D eigenvalue weighted by atomic mass is 10.1. The van der Waals surface area contributed by atoms with Crippen LogP contribution in [0.5, 0.6) is 0 Å². The van der Waals surface area contributed by atoms with Gasteiger partial charge in [-0.1, -0.05) is 42.0 Å². The molecule has 0 atom stereocenters. The summed E-state index contributed by atoms with van der Waals surface area (Å²) in [6.45, 7) is 3.10. The second-order valence-electron chi connectivity index (χ2n) is 6.33. The Balaban J connectivity index is 1.56. The Morgan fingerprint density at radius 3 is 2.60 bits per heavy atom. The van der Waals surface area contributed by atoms with Crippen molar-refractivity contribution in [3.05, 3.63) is 70.2 Å². The number of carbonyl (C=O) groups is 1. The number of amides is 1. The van der Waals surface area contributed by atoms with Crippen LogP contribution in [-0.4, -0.2) is 22.4 Å². The van der Waals surface area contributed by atoms with E-state index in [-0.39, 0.29) is 11.7 Å². The molecule has 0 bridgehead atoms. The number of oxazole rings is 1. The summed E-state index contributed by atoms with van der Waals surface area (Å²) in [5, 5.41) is 0. The average molecular weight is 338 g/mol. The second kappa shape index (κ2) is 7.38. The van der Waals surface area contributed by atoms with Crippen LogP contribution in [0.15, 0.2) is 57.7 Å². The van der Waals surface area contributed by atoms with E-state index in [2.05, 4.69) is 0 Å². The summed E-state index contributed by atoms with van der Waals surface area (Å²) in [5.74, 6) is -0.303. The highest BCUT2D eigenvalue weighted by Crippen LogP contribution is 2.13. The van der Waals surface area contributed by atoms with Crippen LogP contribution in [0.25, 0.3) is 11.1 Å². The number of benzene rings is 2. The molecule has 0 saturated heterocycles. The van der Waals surface area contributed by atoms with Gasteiger partial charge in [-0.3, -0.25) is 9.36 Å². The van der Waals surface area contributed by atoms with Crippen molar-refractivity contribution in [3.8, 4) is 0 Å². The van der Waals surface area contributed by atoms with Crippen LogP contribution in [0, 0.1) is 6.92 Å². The Morgan fingerprint density at radius 2 is 1.84 bits per heavy atom. The molecule has 0 aliphatic carbocycles. The van der Waals surface area contributed by atoms with E-state index in [1.54, 1.807) is 15.5 Å². The zero-order valence-corrected chi connectivity index (χ0v) is 14.6. The number of rotatable bonds is 6. The summed E-state index contributed by atoms with van der Waals surface area (Å²) < 4.78 is 6.79. The fraction of sp³-hybridized carbons (Fsp3) is 0.300. The Labute approximate surface area is 146 Å². The number of carbonyl (C=O) groups excluding carboxylic acids is 1. The Morgan fingerprint density at radius 1 is 1.12 bits per heavy atom. The van der Waals surface area contributed by atoms with E-state index in [0.717, 1.165) is 11.1 Å². The van der Waals surface area contributed by atoms with Gasteiger partial charge < -0.3 is 9.32 Å². The van der Waals surface area contributed by atoms with Crippen molar-refractivity contribution in [1.29, 1.82) is 0 Å². The SMILES string of the molecule is Cc1ccc(CN(C)C(=O)CCCn2c(=O)oc3ccccc32)cc1. The number of aryl methyl sites for hydroxylation is 2. The molecule has 3 rings (SSSR count). The quantitative estimate of drug-likeness (QED) is 0.693. The van der Waals surface area contributed by atoms with Gasteiger partial charge in [-0.2, -0.15) is 0 Å². The smallest absolute Gasteiger partial charge is 0.408 e. The Bertz CT molecular complexity index is 922. The zero-order valence-electron chi connectivity index (χ0n) is 14.6. The molecule has 0 unspecified atom stereocenters. The van der Waals surface area contributed by atoms with Crippen molar-refractivity contribution in [2.24, 2.45) is 0 Å². The third kappa shape index (κ3) is 3.99. The molecular formula is C20H22N2O3. The van der Waals surface area contributed by atoms with Gasteiger partial charge in [-0.05, 0) is 31.0 Å². The lowest BCUT2D eigenvalue weighted by molar-refractivity contribution is -0.130. The standard InChI is InChI=1S/C20H22N2O3/c1-15-9-11-16(12-10-15)14-21(2)19(23)8-5-13-22-17-6-3-4-7-18(17)25-20(22)24/h3-4,6-7,9-12H,5,8,13-14H2,1-2H3. The van der Waals surface area contributed by atoms with Gasteiger partial charge in [0.15, 0.2) is 5.58 Å². The fourth-order valence-electron chi connectivity index (χ4n) is 2.86. The molecule has 0 aliphatic rings. The Hall–Kier alpha value is -2.82. The number of para-hydroxylation sites is 2. The second-order valence-corrected chi connectivity index (χ2v) is 6.33. The molecule has 0 saturated carbocycles. The van der Waals surface area contributed by atoms with Gasteiger partial charge in [-0.15, -0.1) is 0 Å². The topological polar surface area (TPSA) is 55.5 Å². The van der Waals surface area contributed by atoms with Crippen LogP contribution >= 0.6 is 0 Å². The summed E-state index contributed by atoms with van der Waals surface area (Å²) in [6, 6.07) is 15.5. The zero-order chi connectivity index (χ0) is 17.8. The van der Waals surface area contributed by atoms with E-state index in [4.69, 9.17) is 4.42 Å². The molecule has 1 amide bonds. The number of aromatic nitrogens is 1. The predicted octanol–water partition coefficient (Wildman–Crippen LogP) is 3.34. The summed E-state index contributed by atoms with van der Waals surface area (Å²) in [4.78, 5) is 25.9.